The van der Waals surface area contributed by atoms with Gasteiger partial charge in [-0.1, -0.05) is 6.92 Å². The van der Waals surface area contributed by atoms with Gasteiger partial charge in [0.05, 0.1) is 13.0 Å². The van der Waals surface area contributed by atoms with Crippen molar-refractivity contribution in [2.75, 3.05) is 20.2 Å². The molecule has 4 atom stereocenters. The van der Waals surface area contributed by atoms with E-state index in [4.69, 9.17) is 4.74 Å². The molecule has 1 saturated carbocycles. The number of piperidine rings is 1. The summed E-state index contributed by atoms with van der Waals surface area (Å²) in [5, 5.41) is 0. The van der Waals surface area contributed by atoms with Gasteiger partial charge in [-0.25, -0.2) is 0 Å². The zero-order valence-electron chi connectivity index (χ0n) is 9.19. The maximum Gasteiger partial charge on any atom is 0.309 e. The van der Waals surface area contributed by atoms with Crippen LogP contribution in [0.15, 0.2) is 0 Å². The van der Waals surface area contributed by atoms with Crippen molar-refractivity contribution in [1.82, 2.24) is 4.90 Å². The van der Waals surface area contributed by atoms with Gasteiger partial charge in [0.1, 0.15) is 0 Å². The molecule has 2 fully saturated rings. The van der Waals surface area contributed by atoms with E-state index in [1.807, 2.05) is 0 Å². The highest BCUT2D eigenvalue weighted by Crippen LogP contribution is 2.52. The number of esters is 1. The molecule has 3 heteroatoms. The van der Waals surface area contributed by atoms with E-state index in [2.05, 4.69) is 18.7 Å². The number of methoxy groups -OCH3 is 1. The fraction of sp³-hybridized carbons (Fsp3) is 0.909. The normalized spacial score (nSPS) is 37.8. The highest BCUT2D eigenvalue weighted by Gasteiger charge is 2.60. The van der Waals surface area contributed by atoms with Gasteiger partial charge in [-0.2, -0.15) is 0 Å². The van der Waals surface area contributed by atoms with Gasteiger partial charge in [0.15, 0.2) is 0 Å². The lowest BCUT2D eigenvalue weighted by atomic mass is 10.2. The fourth-order valence-corrected chi connectivity index (χ4v) is 2.66. The Morgan fingerprint density at radius 3 is 2.50 bits per heavy atom. The minimum Gasteiger partial charge on any atom is -0.469 e. The summed E-state index contributed by atoms with van der Waals surface area (Å²) in [4.78, 5) is 13.8. The molecule has 0 aromatic rings. The van der Waals surface area contributed by atoms with E-state index in [0.29, 0.717) is 17.9 Å². The summed E-state index contributed by atoms with van der Waals surface area (Å²) in [6.07, 6.45) is 1.20. The molecule has 2 rings (SSSR count). The standard InChI is InChI=1S/C11H19NO2/c1-4-7(2)12-5-8-9(6-12)10(8)11(13)14-3/h7-10H,4-6H2,1-3H3/t7?,8-,9+,10?. The number of hydrogen-bond donors (Lipinski definition) is 0. The first-order chi connectivity index (χ1) is 6.69. The first kappa shape index (κ1) is 9.97. The summed E-state index contributed by atoms with van der Waals surface area (Å²) >= 11 is 0. The Kier molecular flexibility index (Phi) is 2.52. The van der Waals surface area contributed by atoms with Gasteiger partial charge in [-0.05, 0) is 25.2 Å². The van der Waals surface area contributed by atoms with Crippen LogP contribution in [0.4, 0.5) is 0 Å². The Bertz CT molecular complexity index is 229. The summed E-state index contributed by atoms with van der Waals surface area (Å²) < 4.78 is 4.78. The number of carbonyl (C=O) groups excluding carboxylic acids is 1. The van der Waals surface area contributed by atoms with Gasteiger partial charge >= 0.3 is 5.97 Å². The summed E-state index contributed by atoms with van der Waals surface area (Å²) in [5.74, 6) is 1.41. The lowest BCUT2D eigenvalue weighted by Gasteiger charge is -2.25. The van der Waals surface area contributed by atoms with Crippen molar-refractivity contribution >= 4 is 5.97 Å². The third kappa shape index (κ3) is 1.44. The number of carbonyl (C=O) groups is 1. The molecule has 1 heterocycles. The molecule has 0 amide bonds. The molecule has 1 aliphatic carbocycles. The summed E-state index contributed by atoms with van der Waals surface area (Å²) in [5.41, 5.74) is 0. The summed E-state index contributed by atoms with van der Waals surface area (Å²) in [6, 6.07) is 0.668. The lowest BCUT2D eigenvalue weighted by Crippen LogP contribution is -2.34. The molecule has 2 aliphatic rings. The Labute approximate surface area is 85.4 Å². The van der Waals surface area contributed by atoms with Crippen LogP contribution in [-0.4, -0.2) is 37.1 Å². The predicted molar refractivity (Wildman–Crippen MR) is 53.8 cm³/mol. The lowest BCUT2D eigenvalue weighted by molar-refractivity contribution is -0.143. The zero-order chi connectivity index (χ0) is 10.3. The van der Waals surface area contributed by atoms with E-state index in [1.165, 1.54) is 13.5 Å². The van der Waals surface area contributed by atoms with E-state index in [0.717, 1.165) is 13.1 Å². The van der Waals surface area contributed by atoms with Crippen LogP contribution in [-0.2, 0) is 9.53 Å². The number of hydrogen-bond acceptors (Lipinski definition) is 3. The van der Waals surface area contributed by atoms with Gasteiger partial charge in [-0.3, -0.25) is 4.79 Å². The highest BCUT2D eigenvalue weighted by molar-refractivity contribution is 5.76. The van der Waals surface area contributed by atoms with Crippen LogP contribution in [0, 0.1) is 17.8 Å². The van der Waals surface area contributed by atoms with Crippen LogP contribution in [0.25, 0.3) is 0 Å². The average Bonchev–Trinajstić information content (AvgIpc) is 2.70. The van der Waals surface area contributed by atoms with E-state index in [1.54, 1.807) is 0 Å². The minimum absolute atomic E-state index is 0.00352. The maximum atomic E-state index is 11.3. The molecule has 14 heavy (non-hydrogen) atoms. The Hall–Kier alpha value is -0.570. The molecular weight excluding hydrogens is 178 g/mol. The first-order valence-electron chi connectivity index (χ1n) is 5.51. The molecule has 2 unspecified atom stereocenters. The van der Waals surface area contributed by atoms with Crippen molar-refractivity contribution in [2.45, 2.75) is 26.3 Å². The second-order valence-corrected chi connectivity index (χ2v) is 4.59. The van der Waals surface area contributed by atoms with Gasteiger partial charge in [0.2, 0.25) is 0 Å². The van der Waals surface area contributed by atoms with Gasteiger partial charge in [-0.15, -0.1) is 0 Å². The van der Waals surface area contributed by atoms with Crippen molar-refractivity contribution < 1.29 is 9.53 Å². The van der Waals surface area contributed by atoms with Crippen LogP contribution in [0.5, 0.6) is 0 Å². The molecular formula is C11H19NO2. The number of ether oxygens (including phenoxy) is 1. The number of rotatable bonds is 3. The van der Waals surface area contributed by atoms with Crippen LogP contribution in [0.1, 0.15) is 20.3 Å². The van der Waals surface area contributed by atoms with Crippen molar-refractivity contribution in [1.29, 1.82) is 0 Å². The van der Waals surface area contributed by atoms with Crippen molar-refractivity contribution in [3.63, 3.8) is 0 Å². The Balaban J connectivity index is 1.84. The number of likely N-dealkylation sites (tertiary alicyclic amines) is 1. The van der Waals surface area contributed by atoms with Crippen LogP contribution < -0.4 is 0 Å². The van der Waals surface area contributed by atoms with Crippen molar-refractivity contribution in [2.24, 2.45) is 17.8 Å². The van der Waals surface area contributed by atoms with E-state index >= 15 is 0 Å². The van der Waals surface area contributed by atoms with Crippen LogP contribution >= 0.6 is 0 Å². The van der Waals surface area contributed by atoms with Crippen LogP contribution in [0.2, 0.25) is 0 Å². The zero-order valence-corrected chi connectivity index (χ0v) is 9.19. The van der Waals surface area contributed by atoms with E-state index in [-0.39, 0.29) is 11.9 Å². The Morgan fingerprint density at radius 1 is 1.50 bits per heavy atom. The topological polar surface area (TPSA) is 29.5 Å². The second-order valence-electron chi connectivity index (χ2n) is 4.59. The minimum atomic E-state index is 0.00352. The van der Waals surface area contributed by atoms with Crippen LogP contribution in [0.3, 0.4) is 0 Å². The third-order valence-corrected chi connectivity index (χ3v) is 3.91. The Morgan fingerprint density at radius 2 is 2.07 bits per heavy atom. The molecule has 0 bridgehead atoms. The van der Waals surface area contributed by atoms with Crippen molar-refractivity contribution in [3.8, 4) is 0 Å². The van der Waals surface area contributed by atoms with Gasteiger partial charge < -0.3 is 9.64 Å². The molecule has 0 N–H and O–H groups in total. The van der Waals surface area contributed by atoms with Crippen molar-refractivity contribution in [3.05, 3.63) is 0 Å². The van der Waals surface area contributed by atoms with Gasteiger partial charge in [0, 0.05) is 19.1 Å². The molecule has 80 valence electrons. The first-order valence-corrected chi connectivity index (χ1v) is 5.51. The molecule has 1 aliphatic heterocycles. The molecule has 0 radical (unpaired) electrons. The predicted octanol–water partition coefficient (Wildman–Crippen LogP) is 1.14. The highest BCUT2D eigenvalue weighted by atomic mass is 16.5. The average molecular weight is 197 g/mol. The molecule has 3 nitrogen and oxygen atoms in total. The molecule has 0 aromatic carbocycles. The smallest absolute Gasteiger partial charge is 0.309 e. The third-order valence-electron chi connectivity index (χ3n) is 3.91. The summed E-state index contributed by atoms with van der Waals surface area (Å²) in [6.45, 7) is 6.67. The largest absolute Gasteiger partial charge is 0.469 e. The fourth-order valence-electron chi connectivity index (χ4n) is 2.66. The number of fused-ring (bicyclic) bond motifs is 1. The van der Waals surface area contributed by atoms with Gasteiger partial charge in [0.25, 0.3) is 0 Å². The SMILES string of the molecule is CCC(C)N1C[C@@H]2C(C(=O)OC)[C@@H]2C1. The van der Waals surface area contributed by atoms with E-state index in [9.17, 15) is 4.79 Å². The second kappa shape index (κ2) is 3.54. The molecule has 1 saturated heterocycles. The monoisotopic (exact) mass is 197 g/mol. The molecule has 0 aromatic heterocycles. The summed E-state index contributed by atoms with van der Waals surface area (Å²) in [7, 11) is 1.49. The maximum absolute atomic E-state index is 11.3. The quantitative estimate of drug-likeness (QED) is 0.635. The number of nitrogens with zero attached hydrogens (tertiary/aromatic N) is 1. The molecule has 0 spiro atoms. The van der Waals surface area contributed by atoms with E-state index < -0.39 is 0 Å².